The van der Waals surface area contributed by atoms with Crippen molar-refractivity contribution >= 4 is 47.7 Å². The first-order chi connectivity index (χ1) is 38.2. The normalized spacial score (nSPS) is 20.4. The number of Topliss-reactive ketones (excluding diaryl/α,β-unsaturated/α-hetero) is 1. The number of hydrogen-bond acceptors (Lipinski definition) is 13. The van der Waals surface area contributed by atoms with Crippen molar-refractivity contribution in [2.75, 3.05) is 39.9 Å². The van der Waals surface area contributed by atoms with Gasteiger partial charge < -0.3 is 60.5 Å². The summed E-state index contributed by atoms with van der Waals surface area (Å²) < 4.78 is 29.0. The van der Waals surface area contributed by atoms with Crippen molar-refractivity contribution < 1.29 is 62.0 Å². The maximum Gasteiger partial charge on any atom is 0.407 e. The first kappa shape index (κ1) is 67.1. The van der Waals surface area contributed by atoms with Crippen LogP contribution >= 0.6 is 0 Å². The molecule has 0 saturated heterocycles. The lowest BCUT2D eigenvalue weighted by Crippen LogP contribution is -2.55. The Balaban J connectivity index is 1.90. The number of unbranched alkanes of at least 4 members (excludes halogenated alkanes) is 2. The van der Waals surface area contributed by atoms with E-state index >= 15 is 9.59 Å². The third-order valence-corrected chi connectivity index (χ3v) is 14.0. The van der Waals surface area contributed by atoms with Crippen LogP contribution in [0.1, 0.15) is 153 Å². The van der Waals surface area contributed by atoms with Gasteiger partial charge in [-0.3, -0.25) is 24.0 Å². The van der Waals surface area contributed by atoms with E-state index in [0.29, 0.717) is 40.9 Å². The minimum atomic E-state index is -1.48. The Morgan fingerprint density at radius 1 is 0.744 bits per heavy atom. The highest BCUT2D eigenvalue weighted by atomic mass is 16.6. The Morgan fingerprint density at radius 3 is 1.78 bits per heavy atom. The molecular formula is C62H91N7O13. The molecule has 452 valence electrons. The number of allylic oxidation sites excluding steroid dienone is 4. The summed E-state index contributed by atoms with van der Waals surface area (Å²) in [6, 6.07) is 5.13. The Labute approximate surface area is 485 Å². The van der Waals surface area contributed by atoms with Gasteiger partial charge in [0.15, 0.2) is 5.78 Å². The molecule has 0 radical (unpaired) electrons. The van der Waals surface area contributed by atoms with Crippen molar-refractivity contribution in [1.82, 2.24) is 36.8 Å². The summed E-state index contributed by atoms with van der Waals surface area (Å²) in [6.07, 6.45) is 8.96. The number of hydrogen-bond donors (Lipinski definition) is 6. The largest absolute Gasteiger partial charge is 0.491 e. The van der Waals surface area contributed by atoms with Gasteiger partial charge in [0.1, 0.15) is 59.6 Å². The number of rotatable bonds is 23. The molecule has 4 bridgehead atoms. The van der Waals surface area contributed by atoms with Crippen LogP contribution in [0.5, 0.6) is 11.5 Å². The van der Waals surface area contributed by atoms with E-state index in [-0.39, 0.29) is 68.2 Å². The van der Waals surface area contributed by atoms with Crippen LogP contribution in [0.15, 0.2) is 72.9 Å². The molecule has 0 aromatic heterocycles. The molecule has 0 spiro atoms. The van der Waals surface area contributed by atoms with Crippen LogP contribution in [0.2, 0.25) is 0 Å². The molecule has 82 heavy (non-hydrogen) atoms. The molecule has 2 aliphatic rings. The lowest BCUT2D eigenvalue weighted by molar-refractivity contribution is -0.142. The van der Waals surface area contributed by atoms with Crippen LogP contribution < -0.4 is 41.4 Å². The number of benzene rings is 2. The number of amides is 7. The predicted octanol–water partition coefficient (Wildman–Crippen LogP) is 8.86. The van der Waals surface area contributed by atoms with Crippen molar-refractivity contribution in [2.45, 2.75) is 183 Å². The molecule has 4 rings (SSSR count). The van der Waals surface area contributed by atoms with Crippen molar-refractivity contribution in [1.29, 1.82) is 0 Å². The van der Waals surface area contributed by atoms with Crippen molar-refractivity contribution in [3.8, 4) is 22.6 Å². The molecular weight excluding hydrogens is 1050 g/mol. The van der Waals surface area contributed by atoms with Gasteiger partial charge in [-0.2, -0.15) is 0 Å². The summed E-state index contributed by atoms with van der Waals surface area (Å²) in [5.41, 5.74) is -1.27. The second-order valence-corrected chi connectivity index (χ2v) is 24.4. The highest BCUT2D eigenvalue weighted by Gasteiger charge is 2.51. The van der Waals surface area contributed by atoms with Crippen LogP contribution in [0.4, 0.5) is 14.4 Å². The summed E-state index contributed by atoms with van der Waals surface area (Å²) in [4.78, 5) is 112. The molecule has 0 fully saturated rings. The van der Waals surface area contributed by atoms with Crippen LogP contribution in [0.25, 0.3) is 11.1 Å². The average Bonchev–Trinajstić information content (AvgIpc) is 3.33. The topological polar surface area (TPSA) is 258 Å². The Bertz CT molecular complexity index is 2700. The summed E-state index contributed by atoms with van der Waals surface area (Å²) in [5, 5.41) is 16.7. The maximum atomic E-state index is 15.5. The highest BCUT2D eigenvalue weighted by molar-refractivity contribution is 6.00. The zero-order chi connectivity index (χ0) is 61.4. The fourth-order valence-electron chi connectivity index (χ4n) is 9.44. The zero-order valence-electron chi connectivity index (χ0n) is 51.0. The molecule has 20 heteroatoms. The van der Waals surface area contributed by atoms with Crippen molar-refractivity contribution in [3.63, 3.8) is 0 Å². The van der Waals surface area contributed by atoms with Crippen LogP contribution in [-0.2, 0) is 44.6 Å². The second kappa shape index (κ2) is 29.0. The Hall–Kier alpha value is -7.38. The lowest BCUT2D eigenvalue weighted by atomic mass is 9.52. The van der Waals surface area contributed by atoms with Gasteiger partial charge in [0.25, 0.3) is 0 Å². The van der Waals surface area contributed by atoms with Crippen LogP contribution in [0.3, 0.4) is 0 Å². The quantitative estimate of drug-likeness (QED) is 0.0200. The molecule has 1 heterocycles. The van der Waals surface area contributed by atoms with Gasteiger partial charge in [-0.1, -0.05) is 76.6 Å². The number of ether oxygens (including phenoxy) is 5. The number of nitrogens with zero attached hydrogens (tertiary/aromatic N) is 1. The number of fused-ring (bicyclic) bond motifs is 5. The molecule has 6 N–H and O–H groups in total. The molecule has 1 unspecified atom stereocenters. The Morgan fingerprint density at radius 2 is 1.28 bits per heavy atom. The fraction of sp³-hybridized carbons (Fsp3) is 0.581. The minimum absolute atomic E-state index is 0.0251. The van der Waals surface area contributed by atoms with Crippen LogP contribution in [0, 0.1) is 10.8 Å². The number of likely N-dealkylation sites (N-methyl/N-ethyl adjacent to an activating group) is 1. The smallest absolute Gasteiger partial charge is 0.407 e. The fourth-order valence-corrected chi connectivity index (χ4v) is 9.44. The SMILES string of the molecule is C=C/C=C(/C(=O)N[C@@H](CCCCNC(=O)OC(C)(C)C)C(=O)N(C)[C@@H]1C(=O)N[C@@H](C)C(=O)N[C@H](C(C)=O)Cc2ccc(OCCNC(=O)OC(C)(C)C)c(c2)-c2cc1ccc2OCCNC(=O)OC(C)(C)C)C1(C)C=C[C@]1(C)CCCC. The van der Waals surface area contributed by atoms with E-state index < -0.39 is 88.3 Å². The third-order valence-electron chi connectivity index (χ3n) is 14.0. The van der Waals surface area contributed by atoms with Gasteiger partial charge >= 0.3 is 18.3 Å². The van der Waals surface area contributed by atoms with Gasteiger partial charge in [-0.25, -0.2) is 14.4 Å². The van der Waals surface area contributed by atoms with Gasteiger partial charge in [-0.05, 0) is 149 Å². The summed E-state index contributed by atoms with van der Waals surface area (Å²) in [6.45, 7) is 28.9. The Kier molecular flexibility index (Phi) is 23.8. The number of ketones is 1. The molecule has 7 amide bonds. The number of nitrogens with one attached hydrogen (secondary N) is 6. The number of carbonyl (C=O) groups is 8. The molecule has 20 nitrogen and oxygen atoms in total. The monoisotopic (exact) mass is 1140 g/mol. The van der Waals surface area contributed by atoms with Crippen molar-refractivity contribution in [2.24, 2.45) is 10.8 Å². The zero-order valence-corrected chi connectivity index (χ0v) is 51.0. The molecule has 2 aromatic rings. The molecule has 6 atom stereocenters. The first-order valence-electron chi connectivity index (χ1n) is 28.4. The van der Waals surface area contributed by atoms with E-state index in [1.54, 1.807) is 111 Å². The first-order valence-corrected chi connectivity index (χ1v) is 28.4. The third kappa shape index (κ3) is 19.7. The van der Waals surface area contributed by atoms with E-state index in [1.165, 1.54) is 25.8 Å². The second-order valence-electron chi connectivity index (χ2n) is 24.4. The maximum absolute atomic E-state index is 15.5. The molecule has 1 aliphatic carbocycles. The molecule has 2 aromatic carbocycles. The van der Waals surface area contributed by atoms with Gasteiger partial charge in [0.05, 0.1) is 19.1 Å². The van der Waals surface area contributed by atoms with Gasteiger partial charge in [0.2, 0.25) is 23.6 Å². The molecule has 1 aliphatic heterocycles. The predicted molar refractivity (Wildman–Crippen MR) is 314 cm³/mol. The minimum Gasteiger partial charge on any atom is -0.491 e. The lowest BCUT2D eigenvalue weighted by Gasteiger charge is -2.51. The van der Waals surface area contributed by atoms with E-state index in [1.807, 2.05) is 13.0 Å². The standard InChI is InChI=1S/C62H91N7O13/c1-17-19-28-61(14)29-30-62(61,15)45(22-18-2)52(72)67-46(23-20-21-31-63-55(75)80-58(5,6)7)54(74)69(16)50-42-25-27-49(79-35-33-65-57(77)82-60(11,12)13)44(38-42)43-36-41(37-47(40(4)70)68-51(71)39(3)66-53(50)73)24-26-48(43)78-34-32-64-56(76)81-59(8,9)10/h18,22,24-27,29-30,36,38-39,46-47,50H,2,17,19-21,23,28,31-35,37H2,1,3-16H3,(H,63,75)(H,64,76)(H,65,77)(H,66,73)(H,67,72)(H,68,71)/b45-22-/t39-,46-,47-,50-,61-,62?/m0/s1. The summed E-state index contributed by atoms with van der Waals surface area (Å²) >= 11 is 0. The number of alkyl carbamates (subject to hydrolysis) is 3. The average molecular weight is 1140 g/mol. The van der Waals surface area contributed by atoms with Gasteiger partial charge in [-0.15, -0.1) is 0 Å². The summed E-state index contributed by atoms with van der Waals surface area (Å²) in [5.74, 6) is -2.37. The highest BCUT2D eigenvalue weighted by Crippen LogP contribution is 2.57. The van der Waals surface area contributed by atoms with E-state index in [0.717, 1.165) is 19.3 Å². The van der Waals surface area contributed by atoms with E-state index in [4.69, 9.17) is 23.7 Å². The van der Waals surface area contributed by atoms with E-state index in [9.17, 15) is 28.8 Å². The van der Waals surface area contributed by atoms with Gasteiger partial charge in [0, 0.05) is 35.7 Å². The van der Waals surface area contributed by atoms with Crippen LogP contribution in [-0.4, -0.2) is 127 Å². The van der Waals surface area contributed by atoms with E-state index in [2.05, 4.69) is 58.4 Å². The summed E-state index contributed by atoms with van der Waals surface area (Å²) in [7, 11) is 1.44. The number of carbonyl (C=O) groups excluding carboxylic acids is 8. The van der Waals surface area contributed by atoms with Crippen molar-refractivity contribution in [3.05, 3.63) is 84.0 Å². The molecule has 0 saturated carbocycles.